The van der Waals surface area contributed by atoms with Gasteiger partial charge in [-0.3, -0.25) is 4.79 Å². The molecule has 0 heterocycles. The molecule has 24 heavy (non-hydrogen) atoms. The minimum Gasteiger partial charge on any atom is -0.479 e. The molecular weight excluding hydrogens is 306 g/mol. The second-order valence-electron chi connectivity index (χ2n) is 5.41. The Morgan fingerprint density at radius 2 is 1.96 bits per heavy atom. The molecule has 2 aromatic rings. The summed E-state index contributed by atoms with van der Waals surface area (Å²) in [6, 6.07) is 12.0. The number of aliphatic carboxylic acids is 1. The zero-order valence-corrected chi connectivity index (χ0v) is 13.4. The van der Waals surface area contributed by atoms with E-state index in [0.717, 1.165) is 10.8 Å². The van der Waals surface area contributed by atoms with E-state index in [-0.39, 0.29) is 12.3 Å². The Balaban J connectivity index is 2.01. The molecule has 2 N–H and O–H groups in total. The lowest BCUT2D eigenvalue weighted by Gasteiger charge is -2.15. The summed E-state index contributed by atoms with van der Waals surface area (Å²) in [5, 5.41) is 14.0. The molecule has 0 fully saturated rings. The summed E-state index contributed by atoms with van der Waals surface area (Å²) in [6.45, 7) is 4.42. The quantitative estimate of drug-likeness (QED) is 0.548. The van der Waals surface area contributed by atoms with Gasteiger partial charge in [0, 0.05) is 13.0 Å². The molecule has 0 bridgehead atoms. The predicted octanol–water partition coefficient (Wildman–Crippen LogP) is 3.06. The maximum Gasteiger partial charge on any atom is 0.330 e. The summed E-state index contributed by atoms with van der Waals surface area (Å²) in [6.07, 6.45) is 2.39. The van der Waals surface area contributed by atoms with Crippen molar-refractivity contribution in [1.82, 2.24) is 5.32 Å². The van der Waals surface area contributed by atoms with Crippen LogP contribution in [0.3, 0.4) is 0 Å². The zero-order chi connectivity index (χ0) is 17.4. The van der Waals surface area contributed by atoms with E-state index in [2.05, 4.69) is 11.9 Å². The molecule has 0 radical (unpaired) electrons. The smallest absolute Gasteiger partial charge is 0.330 e. The average molecular weight is 327 g/mol. The Bertz CT molecular complexity index is 726. The van der Waals surface area contributed by atoms with Crippen molar-refractivity contribution in [1.29, 1.82) is 0 Å². The maximum absolute atomic E-state index is 12.0. The van der Waals surface area contributed by atoms with Crippen molar-refractivity contribution >= 4 is 22.6 Å². The summed E-state index contributed by atoms with van der Waals surface area (Å²) in [5.74, 6) is -1.39. The lowest BCUT2D eigenvalue weighted by atomic mass is 10.0. The molecule has 5 nitrogen and oxygen atoms in total. The number of hydrogen-bond donors (Lipinski definition) is 2. The van der Waals surface area contributed by atoms with E-state index in [0.29, 0.717) is 25.2 Å². The van der Waals surface area contributed by atoms with Crippen LogP contribution in [0.5, 0.6) is 0 Å². The standard InChI is InChI=1S/C19H21NO4/c1-2-11-24-12-5-8-17(21)20-18(19(22)23)16-10-9-14-6-3-4-7-15(14)13-16/h2-4,6-7,9-10,13,18H,1,5,8,11-12H2,(H,20,21)(H,22,23). The zero-order valence-electron chi connectivity index (χ0n) is 13.4. The number of amides is 1. The number of fused-ring (bicyclic) bond motifs is 1. The van der Waals surface area contributed by atoms with E-state index in [1.165, 1.54) is 0 Å². The van der Waals surface area contributed by atoms with Crippen LogP contribution in [0.15, 0.2) is 55.1 Å². The van der Waals surface area contributed by atoms with Gasteiger partial charge in [-0.25, -0.2) is 4.79 Å². The SMILES string of the molecule is C=CCOCCCC(=O)NC(C(=O)O)c1ccc2ccccc2c1. The van der Waals surface area contributed by atoms with Crippen molar-refractivity contribution in [3.8, 4) is 0 Å². The third-order valence-corrected chi connectivity index (χ3v) is 3.59. The number of carbonyl (C=O) groups is 2. The van der Waals surface area contributed by atoms with Crippen molar-refractivity contribution in [3.05, 3.63) is 60.7 Å². The molecule has 0 spiro atoms. The van der Waals surface area contributed by atoms with Gasteiger partial charge in [0.1, 0.15) is 0 Å². The van der Waals surface area contributed by atoms with Gasteiger partial charge in [-0.05, 0) is 28.8 Å². The fraction of sp³-hybridized carbons (Fsp3) is 0.263. The van der Waals surface area contributed by atoms with Crippen LogP contribution in [0.1, 0.15) is 24.4 Å². The number of carboxylic acids is 1. The van der Waals surface area contributed by atoms with Gasteiger partial charge in [0.15, 0.2) is 6.04 Å². The van der Waals surface area contributed by atoms with Crippen molar-refractivity contribution in [3.63, 3.8) is 0 Å². The highest BCUT2D eigenvalue weighted by molar-refractivity contribution is 5.88. The Kier molecular flexibility index (Phi) is 6.51. The van der Waals surface area contributed by atoms with E-state index < -0.39 is 12.0 Å². The highest BCUT2D eigenvalue weighted by Gasteiger charge is 2.22. The monoisotopic (exact) mass is 327 g/mol. The first-order valence-electron chi connectivity index (χ1n) is 7.81. The fourth-order valence-electron chi connectivity index (χ4n) is 2.41. The number of hydrogen-bond acceptors (Lipinski definition) is 3. The number of benzene rings is 2. The number of ether oxygens (including phenoxy) is 1. The van der Waals surface area contributed by atoms with Crippen molar-refractivity contribution in [2.45, 2.75) is 18.9 Å². The molecule has 0 saturated carbocycles. The summed E-state index contributed by atoms with van der Waals surface area (Å²) in [7, 11) is 0. The van der Waals surface area contributed by atoms with Crippen LogP contribution in [0.25, 0.3) is 10.8 Å². The highest BCUT2D eigenvalue weighted by Crippen LogP contribution is 2.21. The van der Waals surface area contributed by atoms with Crippen molar-refractivity contribution in [2.24, 2.45) is 0 Å². The third kappa shape index (κ3) is 4.93. The third-order valence-electron chi connectivity index (χ3n) is 3.59. The van der Waals surface area contributed by atoms with Gasteiger partial charge < -0.3 is 15.2 Å². The van der Waals surface area contributed by atoms with Gasteiger partial charge >= 0.3 is 5.97 Å². The van der Waals surface area contributed by atoms with Crippen LogP contribution >= 0.6 is 0 Å². The minimum absolute atomic E-state index is 0.217. The van der Waals surface area contributed by atoms with Crippen LogP contribution < -0.4 is 5.32 Å². The topological polar surface area (TPSA) is 75.6 Å². The van der Waals surface area contributed by atoms with Gasteiger partial charge in [0.05, 0.1) is 6.61 Å². The Hall–Kier alpha value is -2.66. The first-order valence-corrected chi connectivity index (χ1v) is 7.81. The molecule has 2 rings (SSSR count). The summed E-state index contributed by atoms with van der Waals surface area (Å²) in [4.78, 5) is 23.5. The minimum atomic E-state index is -1.08. The van der Waals surface area contributed by atoms with Crippen LogP contribution in [-0.4, -0.2) is 30.2 Å². The summed E-state index contributed by atoms with van der Waals surface area (Å²) >= 11 is 0. The maximum atomic E-state index is 12.0. The molecule has 2 aromatic carbocycles. The number of nitrogens with one attached hydrogen (secondary N) is 1. The fourth-order valence-corrected chi connectivity index (χ4v) is 2.41. The predicted molar refractivity (Wildman–Crippen MR) is 92.7 cm³/mol. The first-order chi connectivity index (χ1) is 11.6. The largest absolute Gasteiger partial charge is 0.479 e. The van der Waals surface area contributed by atoms with E-state index in [1.54, 1.807) is 18.2 Å². The second kappa shape index (κ2) is 8.84. The van der Waals surface area contributed by atoms with Crippen LogP contribution in [0, 0.1) is 0 Å². The van der Waals surface area contributed by atoms with Crippen molar-refractivity contribution < 1.29 is 19.4 Å². The van der Waals surface area contributed by atoms with Crippen LogP contribution in [0.4, 0.5) is 0 Å². The molecule has 1 unspecified atom stereocenters. The molecule has 0 saturated heterocycles. The Labute approximate surface area is 140 Å². The van der Waals surface area contributed by atoms with Crippen LogP contribution in [0.2, 0.25) is 0 Å². The summed E-state index contributed by atoms with van der Waals surface area (Å²) < 4.78 is 5.20. The molecule has 1 atom stereocenters. The number of carbonyl (C=O) groups excluding carboxylic acids is 1. The van der Waals surface area contributed by atoms with E-state index >= 15 is 0 Å². The van der Waals surface area contributed by atoms with Gasteiger partial charge in [0.25, 0.3) is 0 Å². The molecular formula is C19H21NO4. The van der Waals surface area contributed by atoms with Gasteiger partial charge in [-0.2, -0.15) is 0 Å². The van der Waals surface area contributed by atoms with Crippen molar-refractivity contribution in [2.75, 3.05) is 13.2 Å². The van der Waals surface area contributed by atoms with Gasteiger partial charge in [-0.15, -0.1) is 6.58 Å². The highest BCUT2D eigenvalue weighted by atomic mass is 16.5. The lowest BCUT2D eigenvalue weighted by Crippen LogP contribution is -2.33. The van der Waals surface area contributed by atoms with Crippen LogP contribution in [-0.2, 0) is 14.3 Å². The molecule has 0 aliphatic rings. The van der Waals surface area contributed by atoms with E-state index in [4.69, 9.17) is 4.74 Å². The van der Waals surface area contributed by atoms with E-state index in [9.17, 15) is 14.7 Å². The molecule has 0 aliphatic carbocycles. The van der Waals surface area contributed by atoms with E-state index in [1.807, 2.05) is 30.3 Å². The number of rotatable bonds is 9. The molecule has 5 heteroatoms. The molecule has 0 aliphatic heterocycles. The van der Waals surface area contributed by atoms with Gasteiger partial charge in [-0.1, -0.05) is 42.5 Å². The Morgan fingerprint density at radius 1 is 1.21 bits per heavy atom. The van der Waals surface area contributed by atoms with Gasteiger partial charge in [0.2, 0.25) is 5.91 Å². The normalized spacial score (nSPS) is 11.8. The Morgan fingerprint density at radius 3 is 2.67 bits per heavy atom. The first kappa shape index (κ1) is 17.7. The molecule has 126 valence electrons. The summed E-state index contributed by atoms with van der Waals surface area (Å²) in [5.41, 5.74) is 0.553. The second-order valence-corrected chi connectivity index (χ2v) is 5.41. The lowest BCUT2D eigenvalue weighted by molar-refractivity contribution is -0.142. The molecule has 0 aromatic heterocycles. The average Bonchev–Trinajstić information content (AvgIpc) is 2.59. The number of carboxylic acid groups (broad SMARTS) is 1. The molecule has 1 amide bonds.